The third-order valence-corrected chi connectivity index (χ3v) is 2.42. The lowest BCUT2D eigenvalue weighted by molar-refractivity contribution is 0.0615. The third-order valence-electron chi connectivity index (χ3n) is 2.42. The Morgan fingerprint density at radius 1 is 1.41 bits per heavy atom. The molecule has 0 bridgehead atoms. The average molecular weight is 235 g/mol. The lowest BCUT2D eigenvalue weighted by Gasteiger charge is -2.08. The summed E-state index contributed by atoms with van der Waals surface area (Å²) in [6, 6.07) is 0. The number of aryl methyl sites for hydroxylation is 1. The molecule has 0 unspecified atom stereocenters. The van der Waals surface area contributed by atoms with Crippen molar-refractivity contribution in [3.8, 4) is 0 Å². The minimum Gasteiger partial charge on any atom is -0.372 e. The SMILES string of the molecule is CNc1nc(COC(C)C)nc2c1cnn2C. The van der Waals surface area contributed by atoms with Gasteiger partial charge >= 0.3 is 0 Å². The molecule has 2 aromatic rings. The maximum atomic E-state index is 5.51. The molecule has 2 aromatic heterocycles. The van der Waals surface area contributed by atoms with E-state index in [-0.39, 0.29) is 6.10 Å². The van der Waals surface area contributed by atoms with E-state index in [0.717, 1.165) is 16.9 Å². The molecule has 0 atom stereocenters. The third kappa shape index (κ3) is 2.36. The number of aromatic nitrogens is 4. The lowest BCUT2D eigenvalue weighted by Crippen LogP contribution is -2.08. The first-order valence-electron chi connectivity index (χ1n) is 5.59. The normalized spacial score (nSPS) is 11.4. The number of hydrogen-bond donors (Lipinski definition) is 1. The summed E-state index contributed by atoms with van der Waals surface area (Å²) >= 11 is 0. The Morgan fingerprint density at radius 3 is 2.82 bits per heavy atom. The topological polar surface area (TPSA) is 64.9 Å². The van der Waals surface area contributed by atoms with Gasteiger partial charge in [-0.05, 0) is 13.8 Å². The molecule has 92 valence electrons. The molecule has 2 rings (SSSR count). The van der Waals surface area contributed by atoms with Gasteiger partial charge in [0.15, 0.2) is 11.5 Å². The fraction of sp³-hybridized carbons (Fsp3) is 0.545. The Kier molecular flexibility index (Phi) is 3.23. The molecule has 0 saturated carbocycles. The zero-order valence-corrected chi connectivity index (χ0v) is 10.6. The van der Waals surface area contributed by atoms with Crippen molar-refractivity contribution in [2.75, 3.05) is 12.4 Å². The highest BCUT2D eigenvalue weighted by Crippen LogP contribution is 2.19. The highest BCUT2D eigenvalue weighted by Gasteiger charge is 2.10. The summed E-state index contributed by atoms with van der Waals surface area (Å²) in [6.07, 6.45) is 1.92. The fourth-order valence-corrected chi connectivity index (χ4v) is 1.56. The highest BCUT2D eigenvalue weighted by atomic mass is 16.5. The Hall–Kier alpha value is -1.69. The first-order chi connectivity index (χ1) is 8.11. The van der Waals surface area contributed by atoms with Crippen LogP contribution in [0.25, 0.3) is 11.0 Å². The molecule has 0 fully saturated rings. The standard InChI is InChI=1S/C11H17N5O/c1-7(2)17-6-9-14-10(12-3)8-5-13-16(4)11(8)15-9/h5,7H,6H2,1-4H3,(H,12,14,15). The van der Waals surface area contributed by atoms with Crippen molar-refractivity contribution in [3.63, 3.8) is 0 Å². The maximum Gasteiger partial charge on any atom is 0.163 e. The second-order valence-electron chi connectivity index (χ2n) is 4.10. The van der Waals surface area contributed by atoms with E-state index in [1.165, 1.54) is 0 Å². The minimum atomic E-state index is 0.166. The molecule has 6 nitrogen and oxygen atoms in total. The summed E-state index contributed by atoms with van der Waals surface area (Å²) in [5.41, 5.74) is 0.812. The van der Waals surface area contributed by atoms with E-state index >= 15 is 0 Å². The monoisotopic (exact) mass is 235 g/mol. The van der Waals surface area contributed by atoms with E-state index in [0.29, 0.717) is 12.4 Å². The smallest absolute Gasteiger partial charge is 0.163 e. The van der Waals surface area contributed by atoms with Gasteiger partial charge in [0.05, 0.1) is 17.7 Å². The van der Waals surface area contributed by atoms with Gasteiger partial charge in [-0.3, -0.25) is 4.68 Å². The molecule has 0 radical (unpaired) electrons. The summed E-state index contributed by atoms with van der Waals surface area (Å²) in [7, 11) is 3.70. The van der Waals surface area contributed by atoms with Crippen LogP contribution in [0.2, 0.25) is 0 Å². The molecule has 0 saturated heterocycles. The van der Waals surface area contributed by atoms with Crippen LogP contribution in [0, 0.1) is 0 Å². The van der Waals surface area contributed by atoms with Gasteiger partial charge in [-0.2, -0.15) is 5.10 Å². The van der Waals surface area contributed by atoms with Gasteiger partial charge in [-0.1, -0.05) is 0 Å². The molecule has 0 aromatic carbocycles. The first kappa shape index (κ1) is 11.8. The van der Waals surface area contributed by atoms with Crippen molar-refractivity contribution in [1.29, 1.82) is 0 Å². The Labute approximate surface area is 100 Å². The van der Waals surface area contributed by atoms with Crippen LogP contribution in [0.4, 0.5) is 5.82 Å². The summed E-state index contributed by atoms with van der Waals surface area (Å²) < 4.78 is 7.24. The Balaban J connectivity index is 2.40. The second kappa shape index (κ2) is 4.67. The zero-order chi connectivity index (χ0) is 12.4. The summed E-state index contributed by atoms with van der Waals surface area (Å²) in [5, 5.41) is 8.15. The number of anilines is 1. The van der Waals surface area contributed by atoms with E-state index in [2.05, 4.69) is 20.4 Å². The van der Waals surface area contributed by atoms with Crippen LogP contribution in [0.1, 0.15) is 19.7 Å². The van der Waals surface area contributed by atoms with Crippen LogP contribution in [-0.2, 0) is 18.4 Å². The van der Waals surface area contributed by atoms with E-state index in [9.17, 15) is 0 Å². The molecule has 0 amide bonds. The van der Waals surface area contributed by atoms with E-state index in [1.807, 2.05) is 27.9 Å². The molecule has 17 heavy (non-hydrogen) atoms. The first-order valence-corrected chi connectivity index (χ1v) is 5.59. The number of ether oxygens (including phenoxy) is 1. The van der Waals surface area contributed by atoms with E-state index in [1.54, 1.807) is 10.9 Å². The van der Waals surface area contributed by atoms with E-state index in [4.69, 9.17) is 4.74 Å². The molecular formula is C11H17N5O. The maximum absolute atomic E-state index is 5.51. The summed E-state index contributed by atoms with van der Waals surface area (Å²) in [6.45, 7) is 4.39. The number of rotatable bonds is 4. The molecule has 0 aliphatic heterocycles. The van der Waals surface area contributed by atoms with Gasteiger partial charge in [0, 0.05) is 14.1 Å². The Bertz CT molecular complexity index is 520. The average Bonchev–Trinajstić information content (AvgIpc) is 2.68. The number of hydrogen-bond acceptors (Lipinski definition) is 5. The minimum absolute atomic E-state index is 0.166. The summed E-state index contributed by atoms with van der Waals surface area (Å²) in [5.74, 6) is 1.45. The number of nitrogens with one attached hydrogen (secondary N) is 1. The lowest BCUT2D eigenvalue weighted by atomic mass is 10.4. The molecule has 0 aliphatic rings. The van der Waals surface area contributed by atoms with Crippen molar-refractivity contribution in [2.45, 2.75) is 26.6 Å². The van der Waals surface area contributed by atoms with Gasteiger partial charge < -0.3 is 10.1 Å². The highest BCUT2D eigenvalue weighted by molar-refractivity contribution is 5.86. The predicted molar refractivity (Wildman–Crippen MR) is 65.8 cm³/mol. The number of fused-ring (bicyclic) bond motifs is 1. The molecule has 2 heterocycles. The van der Waals surface area contributed by atoms with Gasteiger partial charge in [-0.25, -0.2) is 9.97 Å². The van der Waals surface area contributed by atoms with Crippen LogP contribution in [0.15, 0.2) is 6.20 Å². The fourth-order valence-electron chi connectivity index (χ4n) is 1.56. The van der Waals surface area contributed by atoms with Gasteiger partial charge in [-0.15, -0.1) is 0 Å². The quantitative estimate of drug-likeness (QED) is 0.866. The van der Waals surface area contributed by atoms with E-state index < -0.39 is 0 Å². The second-order valence-corrected chi connectivity index (χ2v) is 4.10. The molecule has 6 heteroatoms. The number of nitrogens with zero attached hydrogens (tertiary/aromatic N) is 4. The Morgan fingerprint density at radius 2 is 2.18 bits per heavy atom. The van der Waals surface area contributed by atoms with Crippen molar-refractivity contribution in [3.05, 3.63) is 12.0 Å². The molecule has 0 aliphatic carbocycles. The predicted octanol–water partition coefficient (Wildman–Crippen LogP) is 1.33. The van der Waals surface area contributed by atoms with Gasteiger partial charge in [0.25, 0.3) is 0 Å². The van der Waals surface area contributed by atoms with Crippen molar-refractivity contribution in [2.24, 2.45) is 7.05 Å². The largest absolute Gasteiger partial charge is 0.372 e. The van der Waals surface area contributed by atoms with Crippen LogP contribution < -0.4 is 5.32 Å². The van der Waals surface area contributed by atoms with Crippen LogP contribution >= 0.6 is 0 Å². The van der Waals surface area contributed by atoms with Crippen LogP contribution in [0.5, 0.6) is 0 Å². The van der Waals surface area contributed by atoms with Gasteiger partial charge in [0.1, 0.15) is 12.4 Å². The van der Waals surface area contributed by atoms with Crippen LogP contribution in [-0.4, -0.2) is 32.9 Å². The van der Waals surface area contributed by atoms with Crippen LogP contribution in [0.3, 0.4) is 0 Å². The van der Waals surface area contributed by atoms with Crippen molar-refractivity contribution in [1.82, 2.24) is 19.7 Å². The molecular weight excluding hydrogens is 218 g/mol. The van der Waals surface area contributed by atoms with Gasteiger partial charge in [0.2, 0.25) is 0 Å². The zero-order valence-electron chi connectivity index (χ0n) is 10.6. The van der Waals surface area contributed by atoms with Crippen molar-refractivity contribution < 1.29 is 4.74 Å². The molecule has 0 spiro atoms. The summed E-state index contributed by atoms with van der Waals surface area (Å²) in [4.78, 5) is 8.84. The molecule has 1 N–H and O–H groups in total. The van der Waals surface area contributed by atoms with Crippen molar-refractivity contribution >= 4 is 16.9 Å².